The molecule has 62 valence electrons. The van der Waals surface area contributed by atoms with Crippen LogP contribution in [0.5, 0.6) is 0 Å². The van der Waals surface area contributed by atoms with Crippen molar-refractivity contribution in [3.05, 3.63) is 0 Å². The largest absolute Gasteiger partial charge is 0.389 e. The van der Waals surface area contributed by atoms with Crippen LogP contribution in [0.15, 0.2) is 5.16 Å². The van der Waals surface area contributed by atoms with Gasteiger partial charge >= 0.3 is 0 Å². The van der Waals surface area contributed by atoms with Gasteiger partial charge in [0.1, 0.15) is 6.10 Å². The van der Waals surface area contributed by atoms with Gasteiger partial charge in [-0.15, -0.1) is 0 Å². The molecule has 0 aromatic rings. The Morgan fingerprint density at radius 2 is 2.18 bits per heavy atom. The molecule has 11 heavy (non-hydrogen) atoms. The second-order valence-electron chi connectivity index (χ2n) is 3.46. The van der Waals surface area contributed by atoms with E-state index >= 15 is 0 Å². The smallest absolute Gasteiger partial charge is 0.161 e. The van der Waals surface area contributed by atoms with Gasteiger partial charge in [-0.25, -0.2) is 0 Å². The van der Waals surface area contributed by atoms with E-state index in [0.717, 1.165) is 13.0 Å². The molecule has 3 heteroatoms. The molecule has 0 unspecified atom stereocenters. The summed E-state index contributed by atoms with van der Waals surface area (Å²) in [6.45, 7) is 5.13. The van der Waals surface area contributed by atoms with Crippen LogP contribution < -0.4 is 0 Å². The Balaban J connectivity index is 1.88. The lowest BCUT2D eigenvalue weighted by Gasteiger charge is -2.02. The number of rotatable bonds is 2. The van der Waals surface area contributed by atoms with Gasteiger partial charge in [0.2, 0.25) is 0 Å². The van der Waals surface area contributed by atoms with Crippen molar-refractivity contribution in [2.24, 2.45) is 11.1 Å². The van der Waals surface area contributed by atoms with Crippen LogP contribution >= 0.6 is 0 Å². The van der Waals surface area contributed by atoms with Gasteiger partial charge in [-0.1, -0.05) is 19.0 Å². The highest BCUT2D eigenvalue weighted by Crippen LogP contribution is 2.26. The van der Waals surface area contributed by atoms with Crippen LogP contribution in [0.25, 0.3) is 0 Å². The fourth-order valence-corrected chi connectivity index (χ4v) is 1.23. The Morgan fingerprint density at radius 3 is 2.64 bits per heavy atom. The second kappa shape index (κ2) is 2.48. The molecule has 0 N–H and O–H groups in total. The number of nitrogens with zero attached hydrogens (tertiary/aromatic N) is 1. The lowest BCUT2D eigenvalue weighted by Crippen LogP contribution is -2.16. The van der Waals surface area contributed by atoms with Crippen molar-refractivity contribution < 1.29 is 9.57 Å². The monoisotopic (exact) mass is 155 g/mol. The minimum atomic E-state index is 0.215. The van der Waals surface area contributed by atoms with Gasteiger partial charge in [0.15, 0.2) is 6.10 Å². The fraction of sp³-hybridized carbons (Fsp3) is 0.875. The summed E-state index contributed by atoms with van der Waals surface area (Å²) in [4.78, 5) is 5.21. The molecule has 0 aromatic heterocycles. The average molecular weight is 155 g/mol. The van der Waals surface area contributed by atoms with Crippen molar-refractivity contribution in [2.45, 2.75) is 32.5 Å². The van der Waals surface area contributed by atoms with Crippen LogP contribution in [0.4, 0.5) is 0 Å². The number of hydrogen-bond acceptors (Lipinski definition) is 3. The maximum Gasteiger partial charge on any atom is 0.161 e. The minimum Gasteiger partial charge on any atom is -0.389 e. The van der Waals surface area contributed by atoms with Crippen molar-refractivity contribution >= 4 is 5.71 Å². The molecule has 2 aliphatic rings. The van der Waals surface area contributed by atoms with Crippen LogP contribution in [0.2, 0.25) is 0 Å². The fourth-order valence-electron chi connectivity index (χ4n) is 1.23. The predicted molar refractivity (Wildman–Crippen MR) is 41.5 cm³/mol. The quantitative estimate of drug-likeness (QED) is 0.561. The molecule has 0 bridgehead atoms. The zero-order chi connectivity index (χ0) is 7.84. The molecule has 0 amide bonds. The minimum absolute atomic E-state index is 0.215. The van der Waals surface area contributed by atoms with Gasteiger partial charge in [-0.05, 0) is 5.92 Å². The van der Waals surface area contributed by atoms with E-state index in [1.165, 1.54) is 5.71 Å². The van der Waals surface area contributed by atoms with Gasteiger partial charge in [0.25, 0.3) is 0 Å². The van der Waals surface area contributed by atoms with Gasteiger partial charge in [0, 0.05) is 6.42 Å². The first-order valence-electron chi connectivity index (χ1n) is 4.11. The lowest BCUT2D eigenvalue weighted by molar-refractivity contribution is 0.0627. The van der Waals surface area contributed by atoms with Crippen molar-refractivity contribution in [3.63, 3.8) is 0 Å². The summed E-state index contributed by atoms with van der Waals surface area (Å²) in [5, 5.41) is 4.01. The third-order valence-electron chi connectivity index (χ3n) is 2.16. The van der Waals surface area contributed by atoms with Gasteiger partial charge in [0.05, 0.1) is 12.3 Å². The summed E-state index contributed by atoms with van der Waals surface area (Å²) in [5.74, 6) is 0.513. The van der Waals surface area contributed by atoms with Crippen molar-refractivity contribution in [2.75, 3.05) is 6.61 Å². The van der Waals surface area contributed by atoms with Gasteiger partial charge < -0.3 is 9.57 Å². The highest BCUT2D eigenvalue weighted by molar-refractivity contribution is 5.87. The molecule has 1 saturated heterocycles. The predicted octanol–water partition coefficient (Wildman–Crippen LogP) is 1.19. The van der Waals surface area contributed by atoms with E-state index in [2.05, 4.69) is 19.0 Å². The molecule has 2 aliphatic heterocycles. The van der Waals surface area contributed by atoms with E-state index in [1.54, 1.807) is 0 Å². The van der Waals surface area contributed by atoms with Crippen LogP contribution in [0.1, 0.15) is 20.3 Å². The van der Waals surface area contributed by atoms with E-state index in [-0.39, 0.29) is 6.10 Å². The Hall–Kier alpha value is -0.570. The van der Waals surface area contributed by atoms with Crippen molar-refractivity contribution in [1.82, 2.24) is 0 Å². The normalized spacial score (nSPS) is 35.4. The summed E-state index contributed by atoms with van der Waals surface area (Å²) >= 11 is 0. The van der Waals surface area contributed by atoms with Crippen LogP contribution in [0.3, 0.4) is 0 Å². The Kier molecular flexibility index (Phi) is 1.60. The maximum atomic E-state index is 5.21. The number of ether oxygens (including phenoxy) is 1. The van der Waals surface area contributed by atoms with Gasteiger partial charge in [-0.2, -0.15) is 0 Å². The lowest BCUT2D eigenvalue weighted by atomic mass is 10.0. The van der Waals surface area contributed by atoms with E-state index in [0.29, 0.717) is 12.0 Å². The summed E-state index contributed by atoms with van der Waals surface area (Å²) in [6.07, 6.45) is 1.50. The summed E-state index contributed by atoms with van der Waals surface area (Å²) < 4.78 is 5.12. The van der Waals surface area contributed by atoms with Crippen LogP contribution in [0, 0.1) is 5.92 Å². The topological polar surface area (TPSA) is 34.1 Å². The number of epoxide rings is 1. The standard InChI is InChI=1S/C8H13NO2/c1-5(2)6-3-7(11-9-6)8-4-10-8/h5,7-8H,3-4H2,1-2H3/t7-,8+/m0/s1. The molecule has 2 heterocycles. The summed E-state index contributed by atoms with van der Waals surface area (Å²) in [7, 11) is 0. The zero-order valence-electron chi connectivity index (χ0n) is 6.91. The Bertz CT molecular complexity index is 185. The maximum absolute atomic E-state index is 5.21. The van der Waals surface area contributed by atoms with E-state index in [1.807, 2.05) is 0 Å². The van der Waals surface area contributed by atoms with E-state index < -0.39 is 0 Å². The third kappa shape index (κ3) is 1.38. The first kappa shape index (κ1) is 7.10. The summed E-state index contributed by atoms with van der Waals surface area (Å²) in [6, 6.07) is 0. The molecule has 2 atom stereocenters. The second-order valence-corrected chi connectivity index (χ2v) is 3.46. The SMILES string of the molecule is CC(C)C1=NO[C@H]([C@H]2CO2)C1. The summed E-state index contributed by atoms with van der Waals surface area (Å²) in [5.41, 5.74) is 1.17. The molecule has 0 saturated carbocycles. The van der Waals surface area contributed by atoms with E-state index in [9.17, 15) is 0 Å². The van der Waals surface area contributed by atoms with Crippen molar-refractivity contribution in [1.29, 1.82) is 0 Å². The third-order valence-corrected chi connectivity index (χ3v) is 2.16. The first-order valence-corrected chi connectivity index (χ1v) is 4.11. The molecule has 0 aromatic carbocycles. The molecule has 1 fully saturated rings. The molecule has 0 radical (unpaired) electrons. The zero-order valence-corrected chi connectivity index (χ0v) is 6.91. The Labute approximate surface area is 66.4 Å². The highest BCUT2D eigenvalue weighted by Gasteiger charge is 2.38. The molecule has 2 rings (SSSR count). The average Bonchev–Trinajstić information content (AvgIpc) is 2.68. The van der Waals surface area contributed by atoms with Gasteiger partial charge in [-0.3, -0.25) is 0 Å². The molecular formula is C8H13NO2. The van der Waals surface area contributed by atoms with Crippen molar-refractivity contribution in [3.8, 4) is 0 Å². The van der Waals surface area contributed by atoms with Crippen LogP contribution in [-0.4, -0.2) is 24.5 Å². The number of oxime groups is 1. The highest BCUT2D eigenvalue weighted by atomic mass is 16.7. The van der Waals surface area contributed by atoms with Crippen LogP contribution in [-0.2, 0) is 9.57 Å². The van der Waals surface area contributed by atoms with E-state index in [4.69, 9.17) is 9.57 Å². The molecular weight excluding hydrogens is 142 g/mol. The number of hydrogen-bond donors (Lipinski definition) is 0. The Morgan fingerprint density at radius 1 is 1.45 bits per heavy atom. The molecule has 0 aliphatic carbocycles. The first-order chi connectivity index (χ1) is 5.27. The molecule has 3 nitrogen and oxygen atoms in total. The molecule has 0 spiro atoms.